The van der Waals surface area contributed by atoms with Gasteiger partial charge in [-0.15, -0.1) is 0 Å². The molecule has 0 atom stereocenters. The van der Waals surface area contributed by atoms with Crippen LogP contribution in [0.1, 0.15) is 56.2 Å². The molecule has 0 spiro atoms. The van der Waals surface area contributed by atoms with Crippen molar-refractivity contribution in [1.82, 2.24) is 4.57 Å². The molecule has 17 heavy (non-hydrogen) atoms. The van der Waals surface area contributed by atoms with Gasteiger partial charge in [0.05, 0.1) is 0 Å². The number of nitrogens with zero attached hydrogens (tertiary/aromatic N) is 1. The van der Waals surface area contributed by atoms with Gasteiger partial charge in [0, 0.05) is 12.2 Å². The van der Waals surface area contributed by atoms with Crippen molar-refractivity contribution in [2.45, 2.75) is 53.0 Å². The fourth-order valence-electron chi connectivity index (χ4n) is 1.93. The molecule has 1 aromatic heterocycles. The van der Waals surface area contributed by atoms with Gasteiger partial charge in [0.15, 0.2) is 0 Å². The SMILES string of the molecule is CCCCn1c(CCC(C)C)ccc1C(=O)O. The van der Waals surface area contributed by atoms with Crippen LogP contribution in [0, 0.1) is 5.92 Å². The fraction of sp³-hybridized carbons (Fsp3) is 0.643. The number of carbonyl (C=O) groups is 1. The Balaban J connectivity index is 2.84. The number of carboxylic acids is 1. The van der Waals surface area contributed by atoms with Crippen LogP contribution in [0.5, 0.6) is 0 Å². The first kappa shape index (κ1) is 13.8. The Morgan fingerprint density at radius 2 is 2.12 bits per heavy atom. The molecule has 0 amide bonds. The Hall–Kier alpha value is -1.25. The summed E-state index contributed by atoms with van der Waals surface area (Å²) in [5.41, 5.74) is 1.58. The van der Waals surface area contributed by atoms with E-state index in [-0.39, 0.29) is 0 Å². The molecule has 0 saturated carbocycles. The summed E-state index contributed by atoms with van der Waals surface area (Å²) >= 11 is 0. The third-order valence-electron chi connectivity index (χ3n) is 3.00. The zero-order valence-electron chi connectivity index (χ0n) is 11.1. The number of rotatable bonds is 7. The highest BCUT2D eigenvalue weighted by Crippen LogP contribution is 2.15. The standard InChI is InChI=1S/C14H23NO2/c1-4-5-10-15-12(7-6-11(2)3)8-9-13(15)14(16)17/h8-9,11H,4-7,10H2,1-3H3,(H,16,17). The second-order valence-electron chi connectivity index (χ2n) is 4.95. The molecule has 0 fully saturated rings. The van der Waals surface area contributed by atoms with Crippen molar-refractivity contribution < 1.29 is 9.90 Å². The third-order valence-corrected chi connectivity index (χ3v) is 3.00. The van der Waals surface area contributed by atoms with Crippen LogP contribution in [0.25, 0.3) is 0 Å². The van der Waals surface area contributed by atoms with E-state index in [1.54, 1.807) is 6.07 Å². The van der Waals surface area contributed by atoms with E-state index >= 15 is 0 Å². The monoisotopic (exact) mass is 237 g/mol. The summed E-state index contributed by atoms with van der Waals surface area (Å²) in [5, 5.41) is 9.13. The van der Waals surface area contributed by atoms with Crippen LogP contribution in [-0.2, 0) is 13.0 Å². The molecule has 0 aromatic carbocycles. The molecule has 0 aliphatic rings. The molecular weight excluding hydrogens is 214 g/mol. The Morgan fingerprint density at radius 1 is 1.41 bits per heavy atom. The van der Waals surface area contributed by atoms with Crippen molar-refractivity contribution in [1.29, 1.82) is 0 Å². The quantitative estimate of drug-likeness (QED) is 0.787. The van der Waals surface area contributed by atoms with Crippen molar-refractivity contribution in [3.8, 4) is 0 Å². The minimum absolute atomic E-state index is 0.428. The van der Waals surface area contributed by atoms with E-state index in [2.05, 4.69) is 20.8 Å². The lowest BCUT2D eigenvalue weighted by Gasteiger charge is -2.12. The Kier molecular flexibility index (Phi) is 5.26. The molecule has 1 heterocycles. The first-order chi connectivity index (χ1) is 8.06. The molecule has 0 bridgehead atoms. The van der Waals surface area contributed by atoms with Gasteiger partial charge in [-0.3, -0.25) is 0 Å². The molecule has 0 radical (unpaired) electrons. The van der Waals surface area contributed by atoms with E-state index in [1.807, 2.05) is 10.6 Å². The van der Waals surface area contributed by atoms with E-state index in [4.69, 9.17) is 5.11 Å². The maximum Gasteiger partial charge on any atom is 0.352 e. The highest BCUT2D eigenvalue weighted by Gasteiger charge is 2.13. The number of hydrogen-bond donors (Lipinski definition) is 1. The molecule has 96 valence electrons. The molecule has 1 aromatic rings. The predicted molar refractivity (Wildman–Crippen MR) is 69.5 cm³/mol. The summed E-state index contributed by atoms with van der Waals surface area (Å²) in [4.78, 5) is 11.1. The van der Waals surface area contributed by atoms with Gasteiger partial charge in [-0.1, -0.05) is 27.2 Å². The summed E-state index contributed by atoms with van der Waals surface area (Å²) in [7, 11) is 0. The summed E-state index contributed by atoms with van der Waals surface area (Å²) in [6.07, 6.45) is 4.19. The number of unbranched alkanes of at least 4 members (excludes halogenated alkanes) is 1. The zero-order chi connectivity index (χ0) is 12.8. The summed E-state index contributed by atoms with van der Waals surface area (Å²) in [5.74, 6) is -0.172. The molecule has 0 saturated heterocycles. The lowest BCUT2D eigenvalue weighted by atomic mass is 10.1. The molecular formula is C14H23NO2. The van der Waals surface area contributed by atoms with Crippen LogP contribution in [0.4, 0.5) is 0 Å². The lowest BCUT2D eigenvalue weighted by molar-refractivity contribution is 0.0684. The first-order valence-electron chi connectivity index (χ1n) is 6.48. The van der Waals surface area contributed by atoms with Crippen LogP contribution in [0.15, 0.2) is 12.1 Å². The summed E-state index contributed by atoms with van der Waals surface area (Å²) < 4.78 is 1.97. The maximum absolute atomic E-state index is 11.1. The summed E-state index contributed by atoms with van der Waals surface area (Å²) in [6.45, 7) is 7.32. The van der Waals surface area contributed by atoms with E-state index in [1.165, 1.54) is 0 Å². The molecule has 3 nitrogen and oxygen atoms in total. The summed E-state index contributed by atoms with van der Waals surface area (Å²) in [6, 6.07) is 3.69. The lowest BCUT2D eigenvalue weighted by Crippen LogP contribution is -2.12. The average Bonchev–Trinajstić information content (AvgIpc) is 2.66. The molecule has 0 aliphatic heterocycles. The van der Waals surface area contributed by atoms with E-state index in [9.17, 15) is 4.79 Å². The van der Waals surface area contributed by atoms with Crippen molar-refractivity contribution >= 4 is 5.97 Å². The minimum Gasteiger partial charge on any atom is -0.477 e. The Labute approximate surface area is 103 Å². The highest BCUT2D eigenvalue weighted by molar-refractivity contribution is 5.86. The first-order valence-corrected chi connectivity index (χ1v) is 6.48. The van der Waals surface area contributed by atoms with E-state index < -0.39 is 5.97 Å². The number of aryl methyl sites for hydroxylation is 1. The molecule has 1 rings (SSSR count). The van der Waals surface area contributed by atoms with Gasteiger partial charge in [-0.05, 0) is 37.3 Å². The predicted octanol–water partition coefficient (Wildman–Crippen LogP) is 3.58. The molecule has 1 N–H and O–H groups in total. The second-order valence-corrected chi connectivity index (χ2v) is 4.95. The highest BCUT2D eigenvalue weighted by atomic mass is 16.4. The zero-order valence-corrected chi connectivity index (χ0v) is 11.1. The number of carboxylic acid groups (broad SMARTS) is 1. The van der Waals surface area contributed by atoms with Crippen LogP contribution in [-0.4, -0.2) is 15.6 Å². The Bertz CT molecular complexity index is 366. The van der Waals surface area contributed by atoms with Gasteiger partial charge in [-0.25, -0.2) is 4.79 Å². The van der Waals surface area contributed by atoms with Gasteiger partial charge in [0.1, 0.15) is 5.69 Å². The minimum atomic E-state index is -0.822. The van der Waals surface area contributed by atoms with Crippen LogP contribution in [0.2, 0.25) is 0 Å². The van der Waals surface area contributed by atoms with Crippen LogP contribution < -0.4 is 0 Å². The smallest absolute Gasteiger partial charge is 0.352 e. The number of aromatic carboxylic acids is 1. The van der Waals surface area contributed by atoms with Gasteiger partial charge in [0.25, 0.3) is 0 Å². The molecule has 3 heteroatoms. The Morgan fingerprint density at radius 3 is 2.65 bits per heavy atom. The number of hydrogen-bond acceptors (Lipinski definition) is 1. The average molecular weight is 237 g/mol. The van der Waals surface area contributed by atoms with Crippen LogP contribution >= 0.6 is 0 Å². The van der Waals surface area contributed by atoms with Crippen molar-refractivity contribution in [3.05, 3.63) is 23.5 Å². The van der Waals surface area contributed by atoms with Crippen molar-refractivity contribution in [3.63, 3.8) is 0 Å². The number of aromatic nitrogens is 1. The second kappa shape index (κ2) is 6.48. The maximum atomic E-state index is 11.1. The van der Waals surface area contributed by atoms with Gasteiger partial charge >= 0.3 is 5.97 Å². The topological polar surface area (TPSA) is 42.2 Å². The molecule has 0 aliphatic carbocycles. The third kappa shape index (κ3) is 3.91. The fourth-order valence-corrected chi connectivity index (χ4v) is 1.93. The molecule has 0 unspecified atom stereocenters. The van der Waals surface area contributed by atoms with Crippen molar-refractivity contribution in [2.75, 3.05) is 0 Å². The van der Waals surface area contributed by atoms with E-state index in [0.29, 0.717) is 11.6 Å². The normalized spacial score (nSPS) is 11.1. The largest absolute Gasteiger partial charge is 0.477 e. The van der Waals surface area contributed by atoms with E-state index in [0.717, 1.165) is 37.9 Å². The van der Waals surface area contributed by atoms with Gasteiger partial charge in [-0.2, -0.15) is 0 Å². The van der Waals surface area contributed by atoms with Gasteiger partial charge < -0.3 is 9.67 Å². The van der Waals surface area contributed by atoms with Crippen molar-refractivity contribution in [2.24, 2.45) is 5.92 Å². The van der Waals surface area contributed by atoms with Gasteiger partial charge in [0.2, 0.25) is 0 Å². The van der Waals surface area contributed by atoms with Crippen LogP contribution in [0.3, 0.4) is 0 Å².